The maximum Gasteiger partial charge on any atom is 0.239 e. The topological polar surface area (TPSA) is 75.4 Å². The van der Waals surface area contributed by atoms with E-state index in [0.29, 0.717) is 11.5 Å². The van der Waals surface area contributed by atoms with E-state index < -0.39 is 0 Å². The second-order valence-corrected chi connectivity index (χ2v) is 4.76. The maximum atomic E-state index is 12.1. The van der Waals surface area contributed by atoms with Crippen LogP contribution in [0.5, 0.6) is 0 Å². The van der Waals surface area contributed by atoms with Crippen molar-refractivity contribution >= 4 is 29.0 Å². The molecule has 0 heterocycles. The van der Waals surface area contributed by atoms with Crippen molar-refractivity contribution in [3.63, 3.8) is 0 Å². The number of carbonyl (C=O) groups is 2. The minimum Gasteiger partial charge on any atom is -0.389 e. The molecular weight excluding hydrogens is 274 g/mol. The molecule has 0 spiro atoms. The summed E-state index contributed by atoms with van der Waals surface area (Å²) in [6.45, 7) is 2.42. The first kappa shape index (κ1) is 16.1. The lowest BCUT2D eigenvalue weighted by molar-refractivity contribution is -0.135. The van der Waals surface area contributed by atoms with Crippen LogP contribution in [0.1, 0.15) is 18.1 Å². The van der Waals surface area contributed by atoms with Gasteiger partial charge in [-0.25, -0.2) is 0 Å². The number of nitrogens with one attached hydrogen (secondary N) is 1. The smallest absolute Gasteiger partial charge is 0.239 e. The van der Waals surface area contributed by atoms with Crippen molar-refractivity contribution in [1.82, 2.24) is 10.2 Å². The zero-order valence-corrected chi connectivity index (χ0v) is 12.5. The Kier molecular flexibility index (Phi) is 6.11. The summed E-state index contributed by atoms with van der Waals surface area (Å²) < 4.78 is 0. The highest BCUT2D eigenvalue weighted by atomic mass is 32.1. The van der Waals surface area contributed by atoms with Gasteiger partial charge in [0.05, 0.1) is 13.0 Å². The number of nitrogens with zero attached hydrogens (tertiary/aromatic N) is 1. The quantitative estimate of drug-likeness (QED) is 0.747. The fourth-order valence-corrected chi connectivity index (χ4v) is 1.84. The number of hydrogen-bond acceptors (Lipinski definition) is 3. The number of nitrogens with two attached hydrogens (primary N) is 1. The Morgan fingerprint density at radius 3 is 2.35 bits per heavy atom. The van der Waals surface area contributed by atoms with E-state index in [2.05, 4.69) is 5.32 Å². The minimum absolute atomic E-state index is 0.0802. The van der Waals surface area contributed by atoms with Crippen LogP contribution in [0.2, 0.25) is 0 Å². The van der Waals surface area contributed by atoms with E-state index in [9.17, 15) is 9.59 Å². The number of rotatable bonds is 6. The van der Waals surface area contributed by atoms with Gasteiger partial charge in [-0.1, -0.05) is 36.5 Å². The SMILES string of the molecule is CCN(CC(=O)NC)C(=O)Cc1ccc(C(N)=S)cc1. The Balaban J connectivity index is 2.68. The van der Waals surface area contributed by atoms with Gasteiger partial charge >= 0.3 is 0 Å². The molecule has 0 aliphatic carbocycles. The summed E-state index contributed by atoms with van der Waals surface area (Å²) in [4.78, 5) is 25.3. The van der Waals surface area contributed by atoms with Crippen molar-refractivity contribution in [3.8, 4) is 0 Å². The molecule has 2 amide bonds. The number of carbonyl (C=O) groups excluding carboxylic acids is 2. The van der Waals surface area contributed by atoms with Gasteiger partial charge in [0.2, 0.25) is 11.8 Å². The van der Waals surface area contributed by atoms with Gasteiger partial charge in [-0.15, -0.1) is 0 Å². The standard InChI is InChI=1S/C14H19N3O2S/c1-3-17(9-12(18)16-2)13(19)8-10-4-6-11(7-5-10)14(15)20/h4-7H,3,8-9H2,1-2H3,(H2,15,20)(H,16,18). The summed E-state index contributed by atoms with van der Waals surface area (Å²) in [7, 11) is 1.55. The third-order valence-electron chi connectivity index (χ3n) is 2.94. The van der Waals surface area contributed by atoms with Gasteiger partial charge in [0.25, 0.3) is 0 Å². The Hall–Kier alpha value is -1.95. The monoisotopic (exact) mass is 293 g/mol. The summed E-state index contributed by atoms with van der Waals surface area (Å²) in [6, 6.07) is 7.22. The first-order valence-electron chi connectivity index (χ1n) is 6.35. The summed E-state index contributed by atoms with van der Waals surface area (Å²) >= 11 is 4.87. The maximum absolute atomic E-state index is 12.1. The second kappa shape index (κ2) is 7.59. The van der Waals surface area contributed by atoms with Gasteiger partial charge in [-0.2, -0.15) is 0 Å². The van der Waals surface area contributed by atoms with Crippen LogP contribution in [-0.4, -0.2) is 41.8 Å². The molecule has 0 aromatic heterocycles. The first-order chi connectivity index (χ1) is 9.47. The minimum atomic E-state index is -0.177. The molecule has 0 atom stereocenters. The molecule has 0 aliphatic heterocycles. The molecule has 6 heteroatoms. The molecular formula is C14H19N3O2S. The number of benzene rings is 1. The van der Waals surface area contributed by atoms with Crippen LogP contribution in [0.3, 0.4) is 0 Å². The summed E-state index contributed by atoms with van der Waals surface area (Å²) in [5.41, 5.74) is 7.16. The van der Waals surface area contributed by atoms with E-state index in [1.54, 1.807) is 19.2 Å². The first-order valence-corrected chi connectivity index (χ1v) is 6.75. The fraction of sp³-hybridized carbons (Fsp3) is 0.357. The van der Waals surface area contributed by atoms with Crippen LogP contribution in [0.15, 0.2) is 24.3 Å². The van der Waals surface area contributed by atoms with Gasteiger partial charge in [-0.05, 0) is 12.5 Å². The largest absolute Gasteiger partial charge is 0.389 e. The van der Waals surface area contributed by atoms with Crippen LogP contribution in [0, 0.1) is 0 Å². The molecule has 1 aromatic rings. The molecule has 0 bridgehead atoms. The van der Waals surface area contributed by atoms with Crippen molar-refractivity contribution in [1.29, 1.82) is 0 Å². The number of amides is 2. The summed E-state index contributed by atoms with van der Waals surface area (Å²) in [6.07, 6.45) is 0.252. The highest BCUT2D eigenvalue weighted by molar-refractivity contribution is 7.80. The Bertz CT molecular complexity index is 500. The second-order valence-electron chi connectivity index (χ2n) is 4.32. The predicted octanol–water partition coefficient (Wildman–Crippen LogP) is 0.458. The van der Waals surface area contributed by atoms with Crippen molar-refractivity contribution in [2.75, 3.05) is 20.1 Å². The van der Waals surface area contributed by atoms with Gasteiger partial charge in [0, 0.05) is 19.2 Å². The third-order valence-corrected chi connectivity index (χ3v) is 3.18. The number of hydrogen-bond donors (Lipinski definition) is 2. The molecule has 1 rings (SSSR count). The van der Waals surface area contributed by atoms with E-state index in [0.717, 1.165) is 11.1 Å². The lowest BCUT2D eigenvalue weighted by atomic mass is 10.1. The Morgan fingerprint density at radius 1 is 1.30 bits per heavy atom. The molecule has 0 saturated carbocycles. The summed E-state index contributed by atoms with van der Waals surface area (Å²) in [5.74, 6) is -0.261. The molecule has 5 nitrogen and oxygen atoms in total. The van der Waals surface area contributed by atoms with Crippen LogP contribution in [-0.2, 0) is 16.0 Å². The van der Waals surface area contributed by atoms with Gasteiger partial charge in [-0.3, -0.25) is 9.59 Å². The van der Waals surface area contributed by atoms with Gasteiger partial charge < -0.3 is 16.0 Å². The molecule has 20 heavy (non-hydrogen) atoms. The highest BCUT2D eigenvalue weighted by Gasteiger charge is 2.15. The molecule has 1 aromatic carbocycles. The molecule has 0 aliphatic rings. The molecule has 108 valence electrons. The van der Waals surface area contributed by atoms with Crippen molar-refractivity contribution < 1.29 is 9.59 Å². The third kappa shape index (κ3) is 4.62. The predicted molar refractivity (Wildman–Crippen MR) is 82.4 cm³/mol. The Labute approximate surface area is 124 Å². The van der Waals surface area contributed by atoms with E-state index >= 15 is 0 Å². The number of thiocarbonyl (C=S) groups is 1. The van der Waals surface area contributed by atoms with Crippen LogP contribution < -0.4 is 11.1 Å². The lowest BCUT2D eigenvalue weighted by Crippen LogP contribution is -2.40. The molecule has 0 radical (unpaired) electrons. The number of likely N-dealkylation sites (N-methyl/N-ethyl adjacent to an activating group) is 2. The fourth-order valence-electron chi connectivity index (χ4n) is 1.70. The van der Waals surface area contributed by atoms with Crippen molar-refractivity contribution in [2.45, 2.75) is 13.3 Å². The average molecular weight is 293 g/mol. The molecule has 3 N–H and O–H groups in total. The van der Waals surface area contributed by atoms with Gasteiger partial charge in [0.15, 0.2) is 0 Å². The summed E-state index contributed by atoms with van der Waals surface area (Å²) in [5, 5.41) is 2.51. The normalized spacial score (nSPS) is 9.90. The van der Waals surface area contributed by atoms with Crippen molar-refractivity contribution in [2.24, 2.45) is 5.73 Å². The lowest BCUT2D eigenvalue weighted by Gasteiger charge is -2.19. The zero-order chi connectivity index (χ0) is 15.1. The molecule has 0 unspecified atom stereocenters. The van der Waals surface area contributed by atoms with Crippen molar-refractivity contribution in [3.05, 3.63) is 35.4 Å². The Morgan fingerprint density at radius 2 is 1.90 bits per heavy atom. The zero-order valence-electron chi connectivity index (χ0n) is 11.7. The molecule has 0 saturated heterocycles. The van der Waals surface area contributed by atoms with Crippen LogP contribution in [0.25, 0.3) is 0 Å². The van der Waals surface area contributed by atoms with Gasteiger partial charge in [0.1, 0.15) is 4.99 Å². The van der Waals surface area contributed by atoms with E-state index in [1.165, 1.54) is 4.90 Å². The van der Waals surface area contributed by atoms with Crippen LogP contribution >= 0.6 is 12.2 Å². The van der Waals surface area contributed by atoms with E-state index in [1.807, 2.05) is 19.1 Å². The van der Waals surface area contributed by atoms with E-state index in [-0.39, 0.29) is 24.8 Å². The molecule has 0 fully saturated rings. The highest BCUT2D eigenvalue weighted by Crippen LogP contribution is 2.07. The van der Waals surface area contributed by atoms with E-state index in [4.69, 9.17) is 18.0 Å². The average Bonchev–Trinajstić information content (AvgIpc) is 2.44. The van der Waals surface area contributed by atoms with Crippen LogP contribution in [0.4, 0.5) is 0 Å².